The van der Waals surface area contributed by atoms with Crippen LogP contribution in [0.4, 0.5) is 5.82 Å². The van der Waals surface area contributed by atoms with Crippen molar-refractivity contribution in [1.29, 1.82) is 0 Å². The molecular formula is C27H24ClN5S. The van der Waals surface area contributed by atoms with Crippen LogP contribution >= 0.6 is 23.4 Å². The Bertz CT molecular complexity index is 1510. The van der Waals surface area contributed by atoms with E-state index < -0.39 is 0 Å². The van der Waals surface area contributed by atoms with Crippen molar-refractivity contribution in [1.82, 2.24) is 19.4 Å². The fraction of sp³-hybridized carbons (Fsp3) is 0.296. The van der Waals surface area contributed by atoms with Gasteiger partial charge in [-0.25, -0.2) is 9.97 Å². The predicted molar refractivity (Wildman–Crippen MR) is 138 cm³/mol. The lowest BCUT2D eigenvalue weighted by atomic mass is 9.76. The minimum absolute atomic E-state index is 0.421. The van der Waals surface area contributed by atoms with Crippen molar-refractivity contribution in [2.24, 2.45) is 5.41 Å². The molecule has 0 bridgehead atoms. The summed E-state index contributed by atoms with van der Waals surface area (Å²) in [6.07, 6.45) is 8.64. The number of anilines is 1. The van der Waals surface area contributed by atoms with Gasteiger partial charge in [0.1, 0.15) is 11.2 Å². The smallest absolute Gasteiger partial charge is 0.157 e. The SMILES string of the molecule is Cc1nccc(Sc2ccc3nc(N4CCC5(CC4)Cc4ccccc4C5)c4cnc2n34)c1Cl. The lowest BCUT2D eigenvalue weighted by Crippen LogP contribution is -2.40. The van der Waals surface area contributed by atoms with Gasteiger partial charge in [0.2, 0.25) is 0 Å². The Morgan fingerprint density at radius 1 is 0.941 bits per heavy atom. The van der Waals surface area contributed by atoms with Gasteiger partial charge >= 0.3 is 0 Å². The van der Waals surface area contributed by atoms with Gasteiger partial charge in [-0.2, -0.15) is 0 Å². The Morgan fingerprint density at radius 3 is 2.47 bits per heavy atom. The van der Waals surface area contributed by atoms with Crippen molar-refractivity contribution in [2.75, 3.05) is 18.0 Å². The molecule has 0 N–H and O–H groups in total. The number of hydrogen-bond donors (Lipinski definition) is 0. The Labute approximate surface area is 207 Å². The van der Waals surface area contributed by atoms with E-state index >= 15 is 0 Å². The summed E-state index contributed by atoms with van der Waals surface area (Å²) < 4.78 is 2.19. The van der Waals surface area contributed by atoms with Crippen LogP contribution in [0, 0.1) is 12.3 Å². The number of fused-ring (bicyclic) bond motifs is 1. The maximum absolute atomic E-state index is 6.51. The third kappa shape index (κ3) is 3.12. The standard InChI is InChI=1S/C27H24ClN5S/c1-17-24(28)21(8-11-29-17)34-22-6-7-23-31-25(20-16-30-26(22)33(20)23)32-12-9-27(10-13-32)14-18-4-2-3-5-19(18)15-27/h2-8,11,16H,9-10,12-15H2,1H3. The Morgan fingerprint density at radius 2 is 1.71 bits per heavy atom. The van der Waals surface area contributed by atoms with E-state index in [0.717, 1.165) is 51.2 Å². The molecule has 1 spiro atoms. The number of halogens is 1. The van der Waals surface area contributed by atoms with Crippen molar-refractivity contribution in [2.45, 2.75) is 42.4 Å². The van der Waals surface area contributed by atoms with Crippen LogP contribution in [0.3, 0.4) is 0 Å². The van der Waals surface area contributed by atoms with Crippen LogP contribution in [0.15, 0.2) is 64.6 Å². The zero-order valence-electron chi connectivity index (χ0n) is 19.0. The zero-order valence-corrected chi connectivity index (χ0v) is 20.5. The fourth-order valence-corrected chi connectivity index (χ4v) is 7.02. The molecule has 5 nitrogen and oxygen atoms in total. The second-order valence-electron chi connectivity index (χ2n) is 9.71. The first kappa shape index (κ1) is 20.5. The highest BCUT2D eigenvalue weighted by Crippen LogP contribution is 2.46. The Kier molecular flexibility index (Phi) is 4.58. The van der Waals surface area contributed by atoms with E-state index in [1.165, 1.54) is 25.7 Å². The molecule has 1 aliphatic carbocycles. The average molecular weight is 486 g/mol. The largest absolute Gasteiger partial charge is 0.355 e. The summed E-state index contributed by atoms with van der Waals surface area (Å²) in [6, 6.07) is 15.1. The van der Waals surface area contributed by atoms with Gasteiger partial charge in [0.25, 0.3) is 0 Å². The number of hydrogen-bond acceptors (Lipinski definition) is 5. The number of imidazole rings is 2. The monoisotopic (exact) mass is 485 g/mol. The molecule has 7 heteroatoms. The quantitative estimate of drug-likeness (QED) is 0.304. The third-order valence-electron chi connectivity index (χ3n) is 7.67. The summed E-state index contributed by atoms with van der Waals surface area (Å²) in [6.45, 7) is 4.02. The summed E-state index contributed by atoms with van der Waals surface area (Å²) in [5, 5.41) is 0.699. The van der Waals surface area contributed by atoms with Crippen LogP contribution in [0.5, 0.6) is 0 Å². The molecule has 34 heavy (non-hydrogen) atoms. The molecule has 170 valence electrons. The molecule has 1 aliphatic heterocycles. The van der Waals surface area contributed by atoms with Crippen LogP contribution in [-0.4, -0.2) is 32.4 Å². The van der Waals surface area contributed by atoms with Crippen molar-refractivity contribution in [3.05, 3.63) is 76.7 Å². The number of piperidine rings is 1. The van der Waals surface area contributed by atoms with E-state index in [-0.39, 0.29) is 0 Å². The predicted octanol–water partition coefficient (Wildman–Crippen LogP) is 6.21. The van der Waals surface area contributed by atoms with Gasteiger partial charge in [0.15, 0.2) is 11.5 Å². The highest BCUT2D eigenvalue weighted by Gasteiger charge is 2.40. The third-order valence-corrected chi connectivity index (χ3v) is 9.35. The maximum atomic E-state index is 6.51. The molecular weight excluding hydrogens is 462 g/mol. The highest BCUT2D eigenvalue weighted by molar-refractivity contribution is 7.99. The van der Waals surface area contributed by atoms with Gasteiger partial charge in [-0.3, -0.25) is 9.38 Å². The number of pyridine rings is 2. The average Bonchev–Trinajstić information content (AvgIpc) is 3.54. The first-order valence-electron chi connectivity index (χ1n) is 11.8. The van der Waals surface area contributed by atoms with E-state index in [1.807, 2.05) is 19.2 Å². The summed E-state index contributed by atoms with van der Waals surface area (Å²) in [4.78, 5) is 18.6. The lowest BCUT2D eigenvalue weighted by Gasteiger charge is -2.39. The van der Waals surface area contributed by atoms with Crippen LogP contribution in [-0.2, 0) is 12.8 Å². The van der Waals surface area contributed by atoms with Gasteiger partial charge in [-0.1, -0.05) is 47.6 Å². The molecule has 0 atom stereocenters. The number of nitrogens with zero attached hydrogens (tertiary/aromatic N) is 5. The van der Waals surface area contributed by atoms with Gasteiger partial charge in [-0.15, -0.1) is 0 Å². The topological polar surface area (TPSA) is 46.3 Å². The molecule has 0 radical (unpaired) electrons. The first-order chi connectivity index (χ1) is 16.6. The van der Waals surface area contributed by atoms with E-state index in [0.29, 0.717) is 10.4 Å². The summed E-state index contributed by atoms with van der Waals surface area (Å²) in [5.41, 5.74) is 7.34. The molecule has 1 saturated heterocycles. The molecule has 0 unspecified atom stereocenters. The van der Waals surface area contributed by atoms with Gasteiger partial charge in [0, 0.05) is 24.2 Å². The second-order valence-corrected chi connectivity index (χ2v) is 11.2. The van der Waals surface area contributed by atoms with Crippen molar-refractivity contribution in [3.8, 4) is 0 Å². The Balaban J connectivity index is 1.17. The van der Waals surface area contributed by atoms with Crippen molar-refractivity contribution in [3.63, 3.8) is 0 Å². The molecule has 2 aliphatic rings. The second kappa shape index (κ2) is 7.59. The molecule has 5 heterocycles. The lowest BCUT2D eigenvalue weighted by molar-refractivity contribution is 0.232. The molecule has 0 saturated carbocycles. The summed E-state index contributed by atoms with van der Waals surface area (Å²) in [7, 11) is 0. The number of aromatic nitrogens is 4. The minimum atomic E-state index is 0.421. The zero-order chi connectivity index (χ0) is 22.9. The number of aryl methyl sites for hydroxylation is 1. The van der Waals surface area contributed by atoms with E-state index in [1.54, 1.807) is 29.1 Å². The minimum Gasteiger partial charge on any atom is -0.355 e. The summed E-state index contributed by atoms with van der Waals surface area (Å²) >= 11 is 8.14. The van der Waals surface area contributed by atoms with E-state index in [4.69, 9.17) is 21.6 Å². The molecule has 5 aromatic rings. The van der Waals surface area contributed by atoms with E-state index in [2.05, 4.69) is 50.7 Å². The Hall–Kier alpha value is -2.83. The summed E-state index contributed by atoms with van der Waals surface area (Å²) in [5.74, 6) is 1.06. The fourth-order valence-electron chi connectivity index (χ4n) is 5.82. The van der Waals surface area contributed by atoms with Crippen molar-refractivity contribution < 1.29 is 0 Å². The van der Waals surface area contributed by atoms with Gasteiger partial charge < -0.3 is 4.90 Å². The molecule has 4 aromatic heterocycles. The molecule has 7 rings (SSSR count). The molecule has 0 amide bonds. The normalized spacial score (nSPS) is 17.3. The number of rotatable bonds is 3. The van der Waals surface area contributed by atoms with Crippen LogP contribution < -0.4 is 4.90 Å². The van der Waals surface area contributed by atoms with Crippen LogP contribution in [0.25, 0.3) is 16.8 Å². The van der Waals surface area contributed by atoms with Crippen LogP contribution in [0.2, 0.25) is 5.02 Å². The van der Waals surface area contributed by atoms with Gasteiger partial charge in [-0.05, 0) is 67.3 Å². The van der Waals surface area contributed by atoms with E-state index in [9.17, 15) is 0 Å². The highest BCUT2D eigenvalue weighted by atomic mass is 35.5. The van der Waals surface area contributed by atoms with Gasteiger partial charge in [0.05, 0.1) is 21.8 Å². The number of benzene rings is 1. The maximum Gasteiger partial charge on any atom is 0.157 e. The molecule has 1 aromatic carbocycles. The van der Waals surface area contributed by atoms with Crippen LogP contribution in [0.1, 0.15) is 29.7 Å². The van der Waals surface area contributed by atoms with Crippen molar-refractivity contribution >= 4 is 46.0 Å². The molecule has 1 fully saturated rings. The first-order valence-corrected chi connectivity index (χ1v) is 13.0.